The van der Waals surface area contributed by atoms with Crippen LogP contribution in [0.4, 0.5) is 4.79 Å². The average Bonchev–Trinajstić information content (AvgIpc) is 3.63. The molecule has 0 bridgehead atoms. The van der Waals surface area contributed by atoms with Gasteiger partial charge in [0.25, 0.3) is 11.5 Å². The number of hydrazine groups is 1. The van der Waals surface area contributed by atoms with Crippen molar-refractivity contribution in [3.8, 4) is 0 Å². The smallest absolute Gasteiger partial charge is 0.318 e. The highest BCUT2D eigenvalue weighted by molar-refractivity contribution is 7.99. The van der Waals surface area contributed by atoms with Gasteiger partial charge in [-0.2, -0.15) is 5.01 Å². The molecule has 10 heteroatoms. The lowest BCUT2D eigenvalue weighted by Gasteiger charge is -2.22. The zero-order valence-electron chi connectivity index (χ0n) is 17.8. The van der Waals surface area contributed by atoms with Crippen LogP contribution in [-0.2, 0) is 15.1 Å². The van der Waals surface area contributed by atoms with Crippen LogP contribution in [0.15, 0.2) is 64.5 Å². The van der Waals surface area contributed by atoms with Gasteiger partial charge >= 0.3 is 6.03 Å². The number of rotatable bonds is 6. The lowest BCUT2D eigenvalue weighted by molar-refractivity contribution is -0.138. The molecule has 1 saturated heterocycles. The van der Waals surface area contributed by atoms with Gasteiger partial charge in [-0.3, -0.25) is 24.4 Å². The molecule has 33 heavy (non-hydrogen) atoms. The Balaban J connectivity index is 1.32. The van der Waals surface area contributed by atoms with Gasteiger partial charge in [-0.15, -0.1) is 0 Å². The first-order chi connectivity index (χ1) is 15.9. The molecule has 4 amide bonds. The molecule has 5 rings (SSSR count). The molecule has 2 fully saturated rings. The van der Waals surface area contributed by atoms with Crippen LogP contribution in [0.3, 0.4) is 0 Å². The highest BCUT2D eigenvalue weighted by Gasteiger charge is 2.50. The summed E-state index contributed by atoms with van der Waals surface area (Å²) in [7, 11) is 0. The van der Waals surface area contributed by atoms with Gasteiger partial charge in [0.2, 0.25) is 5.91 Å². The highest BCUT2D eigenvalue weighted by atomic mass is 32.2. The number of imide groups is 1. The van der Waals surface area contributed by atoms with Gasteiger partial charge in [-0.05, 0) is 37.5 Å². The van der Waals surface area contributed by atoms with Crippen LogP contribution in [0, 0.1) is 0 Å². The van der Waals surface area contributed by atoms with Crippen molar-refractivity contribution in [2.45, 2.75) is 36.5 Å². The molecule has 168 valence electrons. The van der Waals surface area contributed by atoms with Gasteiger partial charge in [-0.25, -0.2) is 9.78 Å². The van der Waals surface area contributed by atoms with Gasteiger partial charge in [0.05, 0.1) is 16.7 Å². The van der Waals surface area contributed by atoms with E-state index < -0.39 is 23.4 Å². The maximum atomic E-state index is 13.0. The van der Waals surface area contributed by atoms with Crippen LogP contribution in [0.2, 0.25) is 0 Å². The maximum Gasteiger partial charge on any atom is 0.344 e. The van der Waals surface area contributed by atoms with E-state index in [2.05, 4.69) is 15.7 Å². The van der Waals surface area contributed by atoms with Crippen LogP contribution in [0.25, 0.3) is 10.9 Å². The summed E-state index contributed by atoms with van der Waals surface area (Å²) < 4.78 is 1.64. The van der Waals surface area contributed by atoms with Crippen molar-refractivity contribution < 1.29 is 14.4 Å². The molecule has 0 spiro atoms. The number of nitrogens with one attached hydrogen (secondary N) is 2. The number of amides is 4. The molecule has 1 aromatic heterocycles. The lowest BCUT2D eigenvalue weighted by atomic mass is 9.92. The quantitative estimate of drug-likeness (QED) is 0.330. The summed E-state index contributed by atoms with van der Waals surface area (Å²) in [5.41, 5.74) is 2.17. The predicted molar refractivity (Wildman–Crippen MR) is 122 cm³/mol. The van der Waals surface area contributed by atoms with Gasteiger partial charge in [-0.1, -0.05) is 54.2 Å². The van der Waals surface area contributed by atoms with Gasteiger partial charge < -0.3 is 5.32 Å². The summed E-state index contributed by atoms with van der Waals surface area (Å²) in [5, 5.41) is 4.34. The first-order valence-electron chi connectivity index (χ1n) is 10.5. The van der Waals surface area contributed by atoms with Crippen molar-refractivity contribution in [3.63, 3.8) is 0 Å². The second-order valence-electron chi connectivity index (χ2n) is 8.20. The van der Waals surface area contributed by atoms with E-state index in [0.717, 1.165) is 24.6 Å². The van der Waals surface area contributed by atoms with Gasteiger partial charge in [0.15, 0.2) is 5.16 Å². The number of aromatic nitrogens is 2. The number of fused-ring (bicyclic) bond motifs is 1. The first kappa shape index (κ1) is 21.2. The van der Waals surface area contributed by atoms with Crippen molar-refractivity contribution in [2.75, 3.05) is 5.75 Å². The van der Waals surface area contributed by atoms with Gasteiger partial charge in [0.1, 0.15) is 5.54 Å². The van der Waals surface area contributed by atoms with Crippen molar-refractivity contribution in [1.82, 2.24) is 25.3 Å². The van der Waals surface area contributed by atoms with E-state index in [-0.39, 0.29) is 17.4 Å². The Morgan fingerprint density at radius 3 is 2.55 bits per heavy atom. The highest BCUT2D eigenvalue weighted by Crippen LogP contribution is 2.36. The summed E-state index contributed by atoms with van der Waals surface area (Å²) in [4.78, 5) is 55.6. The number of hydrogen-bond acceptors (Lipinski definition) is 6. The van der Waals surface area contributed by atoms with E-state index in [1.54, 1.807) is 60.0 Å². The molecule has 9 nitrogen and oxygen atoms in total. The number of thioether (sulfide) groups is 1. The SMILES string of the molecule is CC1(c2ccccc2)NC(=O)N(NC(=O)CSc2nc3ccccc3c(=O)n2C2CC2)C1=O. The fourth-order valence-corrected chi connectivity index (χ4v) is 4.74. The second kappa shape index (κ2) is 8.04. The van der Waals surface area contributed by atoms with Crippen LogP contribution in [0.5, 0.6) is 0 Å². The molecule has 1 aliphatic heterocycles. The Labute approximate surface area is 193 Å². The Bertz CT molecular complexity index is 1340. The summed E-state index contributed by atoms with van der Waals surface area (Å²) in [6, 6.07) is 15.3. The fourth-order valence-electron chi connectivity index (χ4n) is 3.88. The first-order valence-corrected chi connectivity index (χ1v) is 11.5. The standard InChI is InChI=1S/C23H21N5O4S/c1-23(14-7-3-2-4-8-14)20(31)28(21(32)25-23)26-18(29)13-33-22-24-17-10-6-5-9-16(17)19(30)27(22)15-11-12-15/h2-10,15H,11-13H2,1H3,(H,25,32)(H,26,29). The number of carbonyl (C=O) groups excluding carboxylic acids is 3. The minimum absolute atomic E-state index is 0.0812. The molecule has 3 aromatic rings. The minimum atomic E-state index is -1.27. The zero-order valence-corrected chi connectivity index (χ0v) is 18.6. The molecule has 1 aliphatic carbocycles. The fraction of sp³-hybridized carbons (Fsp3) is 0.261. The number of nitrogens with zero attached hydrogens (tertiary/aromatic N) is 3. The van der Waals surface area contributed by atoms with Gasteiger partial charge in [0, 0.05) is 6.04 Å². The van der Waals surface area contributed by atoms with Crippen molar-refractivity contribution in [3.05, 3.63) is 70.5 Å². The summed E-state index contributed by atoms with van der Waals surface area (Å²) in [5.74, 6) is -1.24. The number of hydrogen-bond donors (Lipinski definition) is 2. The van der Waals surface area contributed by atoms with E-state index in [4.69, 9.17) is 0 Å². The molecular formula is C23H21N5O4S. The number of carbonyl (C=O) groups is 3. The van der Waals surface area contributed by atoms with Crippen LogP contribution in [0.1, 0.15) is 31.4 Å². The normalized spacial score (nSPS) is 20.2. The van der Waals surface area contributed by atoms with E-state index >= 15 is 0 Å². The third-order valence-corrected chi connectivity index (χ3v) is 6.75. The average molecular weight is 464 g/mol. The van der Waals surface area contributed by atoms with Crippen molar-refractivity contribution >= 4 is 40.5 Å². The summed E-state index contributed by atoms with van der Waals surface area (Å²) >= 11 is 1.10. The Morgan fingerprint density at radius 1 is 1.12 bits per heavy atom. The van der Waals surface area contributed by atoms with E-state index in [1.807, 2.05) is 6.07 Å². The topological polar surface area (TPSA) is 113 Å². The molecule has 2 heterocycles. The Kier molecular flexibility index (Phi) is 5.16. The Hall–Kier alpha value is -3.66. The minimum Gasteiger partial charge on any atom is -0.318 e. The molecule has 1 atom stereocenters. The monoisotopic (exact) mass is 463 g/mol. The van der Waals surface area contributed by atoms with E-state index in [1.165, 1.54) is 0 Å². The number of urea groups is 1. The predicted octanol–water partition coefficient (Wildman–Crippen LogP) is 2.32. The van der Waals surface area contributed by atoms with Crippen LogP contribution >= 0.6 is 11.8 Å². The largest absolute Gasteiger partial charge is 0.344 e. The third-order valence-electron chi connectivity index (χ3n) is 5.80. The second-order valence-corrected chi connectivity index (χ2v) is 9.15. The molecule has 2 aromatic carbocycles. The van der Waals surface area contributed by atoms with Crippen molar-refractivity contribution in [1.29, 1.82) is 0 Å². The molecule has 1 saturated carbocycles. The number of para-hydroxylation sites is 1. The molecule has 1 unspecified atom stereocenters. The number of benzene rings is 2. The van der Waals surface area contributed by atoms with Crippen LogP contribution < -0.4 is 16.3 Å². The third kappa shape index (κ3) is 3.76. The molecular weight excluding hydrogens is 442 g/mol. The maximum absolute atomic E-state index is 13.0. The van der Waals surface area contributed by atoms with E-state index in [9.17, 15) is 19.2 Å². The lowest BCUT2D eigenvalue weighted by Crippen LogP contribution is -2.48. The summed E-state index contributed by atoms with van der Waals surface area (Å²) in [6.45, 7) is 1.59. The molecule has 2 aliphatic rings. The Morgan fingerprint density at radius 2 is 1.82 bits per heavy atom. The zero-order chi connectivity index (χ0) is 23.2. The molecule has 0 radical (unpaired) electrons. The van der Waals surface area contributed by atoms with Crippen LogP contribution in [-0.4, -0.2) is 38.2 Å². The van der Waals surface area contributed by atoms with Crippen molar-refractivity contribution in [2.24, 2.45) is 0 Å². The van der Waals surface area contributed by atoms with E-state index in [0.29, 0.717) is 26.6 Å². The molecule has 2 N–H and O–H groups in total. The summed E-state index contributed by atoms with van der Waals surface area (Å²) in [6.07, 6.45) is 1.78.